The molecular formula is C22H32N4O3. The molecule has 3 heterocycles. The summed E-state index contributed by atoms with van der Waals surface area (Å²) in [5.41, 5.74) is 0. The first kappa shape index (κ1) is 20.1. The second-order valence-electron chi connectivity index (χ2n) is 8.66. The Bertz CT molecular complexity index is 713. The molecular weight excluding hydrogens is 368 g/mol. The highest BCUT2D eigenvalue weighted by Gasteiger charge is 2.44. The second-order valence-corrected chi connectivity index (χ2v) is 8.66. The monoisotopic (exact) mass is 400 g/mol. The largest absolute Gasteiger partial charge is 0.379 e. The number of carbonyl (C=O) groups excluding carboxylic acids is 2. The van der Waals surface area contributed by atoms with E-state index in [1.807, 2.05) is 23.1 Å². The van der Waals surface area contributed by atoms with Crippen molar-refractivity contribution >= 4 is 17.6 Å². The zero-order valence-corrected chi connectivity index (χ0v) is 17.3. The van der Waals surface area contributed by atoms with Gasteiger partial charge in [0, 0.05) is 39.4 Å². The van der Waals surface area contributed by atoms with E-state index in [0.29, 0.717) is 24.8 Å². The lowest BCUT2D eigenvalue weighted by molar-refractivity contribution is -0.139. The van der Waals surface area contributed by atoms with Crippen LogP contribution < -0.4 is 5.32 Å². The number of nitrogens with one attached hydrogen (secondary N) is 1. The van der Waals surface area contributed by atoms with E-state index in [1.54, 1.807) is 18.2 Å². The Morgan fingerprint density at radius 3 is 2.79 bits per heavy atom. The van der Waals surface area contributed by atoms with Crippen LogP contribution in [-0.4, -0.2) is 72.0 Å². The van der Waals surface area contributed by atoms with Crippen LogP contribution >= 0.6 is 0 Å². The fraction of sp³-hybridized carbons (Fsp3) is 0.682. The summed E-state index contributed by atoms with van der Waals surface area (Å²) >= 11 is 0. The van der Waals surface area contributed by atoms with Crippen LogP contribution in [0.5, 0.6) is 0 Å². The van der Waals surface area contributed by atoms with Gasteiger partial charge in [-0.2, -0.15) is 0 Å². The Balaban J connectivity index is 1.36. The summed E-state index contributed by atoms with van der Waals surface area (Å²) in [6.45, 7) is 2.51. The van der Waals surface area contributed by atoms with Crippen molar-refractivity contribution in [3.05, 3.63) is 24.4 Å². The first-order valence-corrected chi connectivity index (χ1v) is 10.9. The first-order chi connectivity index (χ1) is 14.1. The molecule has 0 aromatic carbocycles. The fourth-order valence-electron chi connectivity index (χ4n) is 5.14. The topological polar surface area (TPSA) is 74.8 Å². The van der Waals surface area contributed by atoms with Crippen LogP contribution in [0.15, 0.2) is 24.4 Å². The molecule has 29 heavy (non-hydrogen) atoms. The number of rotatable bonds is 5. The fourth-order valence-corrected chi connectivity index (χ4v) is 5.14. The van der Waals surface area contributed by atoms with Gasteiger partial charge in [-0.1, -0.05) is 12.5 Å². The van der Waals surface area contributed by atoms with Crippen molar-refractivity contribution in [2.75, 3.05) is 38.6 Å². The first-order valence-electron chi connectivity index (χ1n) is 10.9. The average molecular weight is 401 g/mol. The molecule has 1 aliphatic carbocycles. The summed E-state index contributed by atoms with van der Waals surface area (Å²) in [4.78, 5) is 33.3. The SMILES string of the molecule is CO[C@@H]1C[C@H]2CN(C(=O)CN3CCCCCC3=O)C[C@H]2C[C@H]1Nc1ccccn1. The molecule has 2 aliphatic heterocycles. The zero-order valence-electron chi connectivity index (χ0n) is 17.3. The Morgan fingerprint density at radius 2 is 2.03 bits per heavy atom. The van der Waals surface area contributed by atoms with Gasteiger partial charge < -0.3 is 19.9 Å². The third kappa shape index (κ3) is 4.71. The van der Waals surface area contributed by atoms with Crippen molar-refractivity contribution in [2.24, 2.45) is 11.8 Å². The molecule has 7 nitrogen and oxygen atoms in total. The van der Waals surface area contributed by atoms with Gasteiger partial charge >= 0.3 is 0 Å². The van der Waals surface area contributed by atoms with Crippen LogP contribution in [0.4, 0.5) is 5.82 Å². The van der Waals surface area contributed by atoms with Gasteiger partial charge in [0.2, 0.25) is 11.8 Å². The molecule has 7 heteroatoms. The minimum Gasteiger partial charge on any atom is -0.379 e. The standard InChI is InChI=1S/C22H32N4O3/c1-29-19-12-17-14-26(22(28)15-25-10-6-2-3-8-21(25)27)13-16(17)11-18(19)24-20-7-4-5-9-23-20/h4-5,7,9,16-19H,2-3,6,8,10-15H2,1H3,(H,23,24)/t16-,17+,18-,19-/m1/s1. The molecule has 3 aliphatic rings. The molecule has 1 aromatic rings. The van der Waals surface area contributed by atoms with E-state index in [2.05, 4.69) is 10.3 Å². The maximum atomic E-state index is 12.9. The van der Waals surface area contributed by atoms with Crippen molar-refractivity contribution in [3.8, 4) is 0 Å². The summed E-state index contributed by atoms with van der Waals surface area (Å²) in [6.07, 6.45) is 7.41. The molecule has 0 spiro atoms. The third-order valence-electron chi connectivity index (χ3n) is 6.77. The van der Waals surface area contributed by atoms with Crippen molar-refractivity contribution in [2.45, 2.75) is 50.7 Å². The van der Waals surface area contributed by atoms with Gasteiger partial charge in [0.25, 0.3) is 0 Å². The highest BCUT2D eigenvalue weighted by Crippen LogP contribution is 2.38. The number of hydrogen-bond donors (Lipinski definition) is 1. The number of nitrogens with zero attached hydrogens (tertiary/aromatic N) is 3. The van der Waals surface area contributed by atoms with Crippen molar-refractivity contribution in [3.63, 3.8) is 0 Å². The van der Waals surface area contributed by atoms with Gasteiger partial charge in [0.05, 0.1) is 18.7 Å². The van der Waals surface area contributed by atoms with Gasteiger partial charge in [-0.3, -0.25) is 9.59 Å². The second kappa shape index (κ2) is 9.11. The Morgan fingerprint density at radius 1 is 1.21 bits per heavy atom. The maximum absolute atomic E-state index is 12.9. The van der Waals surface area contributed by atoms with Crippen LogP contribution in [0, 0.1) is 11.8 Å². The summed E-state index contributed by atoms with van der Waals surface area (Å²) in [6, 6.07) is 6.05. The summed E-state index contributed by atoms with van der Waals surface area (Å²) < 4.78 is 5.78. The minimum absolute atomic E-state index is 0.0952. The molecule has 2 saturated heterocycles. The number of pyridine rings is 1. The van der Waals surface area contributed by atoms with E-state index in [9.17, 15) is 9.59 Å². The van der Waals surface area contributed by atoms with Gasteiger partial charge in [-0.25, -0.2) is 4.98 Å². The normalized spacial score (nSPS) is 30.0. The van der Waals surface area contributed by atoms with Gasteiger partial charge in [-0.05, 0) is 49.7 Å². The number of anilines is 1. The quantitative estimate of drug-likeness (QED) is 0.820. The van der Waals surface area contributed by atoms with Crippen LogP contribution in [0.25, 0.3) is 0 Å². The van der Waals surface area contributed by atoms with Crippen LogP contribution in [0.2, 0.25) is 0 Å². The van der Waals surface area contributed by atoms with E-state index in [-0.39, 0.29) is 30.5 Å². The van der Waals surface area contributed by atoms with Gasteiger partial charge in [0.1, 0.15) is 5.82 Å². The lowest BCUT2D eigenvalue weighted by Crippen LogP contribution is -2.44. The molecule has 2 amide bonds. The third-order valence-corrected chi connectivity index (χ3v) is 6.77. The van der Waals surface area contributed by atoms with E-state index < -0.39 is 0 Å². The highest BCUT2D eigenvalue weighted by atomic mass is 16.5. The van der Waals surface area contributed by atoms with Crippen LogP contribution in [-0.2, 0) is 14.3 Å². The average Bonchev–Trinajstić information content (AvgIpc) is 3.05. The summed E-state index contributed by atoms with van der Waals surface area (Å²) in [5.74, 6) is 2.02. The van der Waals surface area contributed by atoms with Crippen molar-refractivity contribution in [1.82, 2.24) is 14.8 Å². The Hall–Kier alpha value is -2.15. The summed E-state index contributed by atoms with van der Waals surface area (Å²) in [5, 5.41) is 3.52. The number of hydrogen-bond acceptors (Lipinski definition) is 5. The smallest absolute Gasteiger partial charge is 0.242 e. The van der Waals surface area contributed by atoms with E-state index in [4.69, 9.17) is 4.74 Å². The lowest BCUT2D eigenvalue weighted by atomic mass is 9.77. The lowest BCUT2D eigenvalue weighted by Gasteiger charge is -2.37. The zero-order chi connectivity index (χ0) is 20.2. The summed E-state index contributed by atoms with van der Waals surface area (Å²) in [7, 11) is 1.76. The molecule has 0 radical (unpaired) electrons. The van der Waals surface area contributed by atoms with Gasteiger partial charge in [0.15, 0.2) is 0 Å². The molecule has 0 bridgehead atoms. The van der Waals surface area contributed by atoms with Crippen molar-refractivity contribution < 1.29 is 14.3 Å². The molecule has 158 valence electrons. The number of ether oxygens (including phenoxy) is 1. The minimum atomic E-state index is 0.0952. The number of methoxy groups -OCH3 is 1. The number of aromatic nitrogens is 1. The molecule has 4 rings (SSSR count). The molecule has 1 saturated carbocycles. The van der Waals surface area contributed by atoms with E-state index in [0.717, 1.165) is 51.0 Å². The molecule has 4 atom stereocenters. The van der Waals surface area contributed by atoms with E-state index in [1.165, 1.54) is 0 Å². The van der Waals surface area contributed by atoms with Crippen LogP contribution in [0.1, 0.15) is 38.5 Å². The molecule has 1 N–H and O–H groups in total. The number of amides is 2. The maximum Gasteiger partial charge on any atom is 0.242 e. The number of carbonyl (C=O) groups is 2. The molecule has 3 fully saturated rings. The highest BCUT2D eigenvalue weighted by molar-refractivity contribution is 5.85. The van der Waals surface area contributed by atoms with Gasteiger partial charge in [-0.15, -0.1) is 0 Å². The Labute approximate surface area is 172 Å². The molecule has 0 unspecified atom stereocenters. The Kier molecular flexibility index (Phi) is 6.33. The van der Waals surface area contributed by atoms with E-state index >= 15 is 0 Å². The molecule has 1 aromatic heterocycles. The number of likely N-dealkylation sites (tertiary alicyclic amines) is 2. The predicted molar refractivity (Wildman–Crippen MR) is 110 cm³/mol. The van der Waals surface area contributed by atoms with Crippen LogP contribution in [0.3, 0.4) is 0 Å². The van der Waals surface area contributed by atoms with Crippen molar-refractivity contribution in [1.29, 1.82) is 0 Å². The number of fused-ring (bicyclic) bond motifs is 1. The predicted octanol–water partition coefficient (Wildman–Crippen LogP) is 2.15.